The molecule has 0 amide bonds. The maximum absolute atomic E-state index is 14.1. The lowest BCUT2D eigenvalue weighted by Crippen LogP contribution is -2.61. The van der Waals surface area contributed by atoms with E-state index in [9.17, 15) is 39.9 Å². The Morgan fingerprint density at radius 2 is 1.25 bits per heavy atom. The van der Waals surface area contributed by atoms with E-state index >= 15 is 0 Å². The smallest absolute Gasteiger partial charge is 0.311 e. The van der Waals surface area contributed by atoms with E-state index in [4.69, 9.17) is 33.5 Å². The molecule has 6 N–H and O–H groups in total. The van der Waals surface area contributed by atoms with Gasteiger partial charge in [-0.2, -0.15) is 0 Å². The number of likely N-dealkylation sites (N-methyl/N-ethyl adjacent to an activating group) is 1. The third-order valence-corrected chi connectivity index (χ3v) is 15.8. The molecule has 0 bridgehead atoms. The lowest BCUT2D eigenvalue weighted by atomic mass is 9.74. The zero-order valence-electron chi connectivity index (χ0n) is 46.6. The lowest BCUT2D eigenvalue weighted by molar-refractivity contribution is -0.318. The standard InChI is InChI=1S/C37H67NO13.C18H36O2/c1-14-25-37(10,45)30(41)20(4)27(39)18(2)16-35(8,44)32(51-34-28(40)24(38(11)12)15-19(3)47-34)21(5)29(22(6)33(43)49-25)50-26-17-36(9,46-13)31(42)23(7)48-26;1-2-3-4-5-6-7-8-9-10-11-12-13-14-15-16-17-18(19)20/h18-26,28-32,34,40-42,44-45H,14-17H2,1-13H3;2-17H2,1H3,(H,19,20). The first kappa shape index (κ1) is 65.3. The van der Waals surface area contributed by atoms with Gasteiger partial charge >= 0.3 is 11.9 Å². The molecule has 18 unspecified atom stereocenters. The van der Waals surface area contributed by atoms with Crippen LogP contribution in [0.5, 0.6) is 0 Å². The fourth-order valence-electron chi connectivity index (χ4n) is 11.1. The first-order chi connectivity index (χ1) is 33.2. The van der Waals surface area contributed by atoms with Crippen molar-refractivity contribution in [1.29, 1.82) is 0 Å². The van der Waals surface area contributed by atoms with Crippen molar-refractivity contribution >= 4 is 17.7 Å². The number of hydrogen-bond acceptors (Lipinski definition) is 15. The van der Waals surface area contributed by atoms with Crippen LogP contribution in [-0.4, -0.2) is 159 Å². The summed E-state index contributed by atoms with van der Waals surface area (Å²) in [6.07, 6.45) is 10.5. The van der Waals surface area contributed by atoms with E-state index in [-0.39, 0.29) is 31.4 Å². The molecular formula is C55H103NO15. The van der Waals surface area contributed by atoms with Gasteiger partial charge in [0.05, 0.1) is 47.6 Å². The molecule has 16 nitrogen and oxygen atoms in total. The number of carboxylic acids is 1. The highest BCUT2D eigenvalue weighted by Gasteiger charge is 2.53. The van der Waals surface area contributed by atoms with Gasteiger partial charge in [-0.1, -0.05) is 125 Å². The van der Waals surface area contributed by atoms with Gasteiger partial charge in [0.2, 0.25) is 0 Å². The number of nitrogens with zero attached hydrogens (tertiary/aromatic N) is 1. The van der Waals surface area contributed by atoms with Crippen molar-refractivity contribution < 1.29 is 73.4 Å². The van der Waals surface area contributed by atoms with Gasteiger partial charge in [0.1, 0.15) is 29.7 Å². The normalized spacial score (nSPS) is 38.8. The summed E-state index contributed by atoms with van der Waals surface area (Å²) < 4.78 is 37.1. The Morgan fingerprint density at radius 1 is 0.732 bits per heavy atom. The second kappa shape index (κ2) is 31.3. The molecule has 0 aliphatic carbocycles. The number of Topliss-reactive ketones (excluding diaryl/α,β-unsaturated/α-hetero) is 1. The third-order valence-electron chi connectivity index (χ3n) is 15.8. The number of unbranched alkanes of at least 4 members (excludes halogenated alkanes) is 14. The number of carbonyl (C=O) groups is 3. The maximum atomic E-state index is 14.1. The summed E-state index contributed by atoms with van der Waals surface area (Å²) in [5.41, 5.74) is -4.84. The number of hydrogen-bond donors (Lipinski definition) is 6. The summed E-state index contributed by atoms with van der Waals surface area (Å²) in [6.45, 7) is 18.6. The molecular weight excluding hydrogens is 915 g/mol. The van der Waals surface area contributed by atoms with Crippen LogP contribution in [0, 0.1) is 23.7 Å². The van der Waals surface area contributed by atoms with Crippen LogP contribution >= 0.6 is 0 Å². The molecule has 418 valence electrons. The van der Waals surface area contributed by atoms with E-state index in [1.165, 1.54) is 111 Å². The molecule has 3 fully saturated rings. The monoisotopic (exact) mass is 1020 g/mol. The predicted molar refractivity (Wildman–Crippen MR) is 273 cm³/mol. The molecule has 71 heavy (non-hydrogen) atoms. The van der Waals surface area contributed by atoms with Crippen molar-refractivity contribution in [3.05, 3.63) is 0 Å². The van der Waals surface area contributed by atoms with E-state index in [0.717, 1.165) is 12.8 Å². The minimum atomic E-state index is -1.99. The highest BCUT2D eigenvalue weighted by molar-refractivity contribution is 5.83. The van der Waals surface area contributed by atoms with Crippen molar-refractivity contribution in [2.75, 3.05) is 21.2 Å². The van der Waals surface area contributed by atoms with Gasteiger partial charge in [-0.3, -0.25) is 14.4 Å². The largest absolute Gasteiger partial charge is 0.481 e. The molecule has 3 aliphatic heterocycles. The summed E-state index contributed by atoms with van der Waals surface area (Å²) in [5, 5.41) is 66.1. The zero-order chi connectivity index (χ0) is 53.9. The number of esters is 1. The number of carbonyl (C=O) groups excluding carboxylic acids is 2. The molecule has 16 heteroatoms. The van der Waals surface area contributed by atoms with Crippen LogP contribution in [0.1, 0.15) is 205 Å². The molecule has 0 radical (unpaired) electrons. The Labute approximate surface area is 428 Å². The summed E-state index contributed by atoms with van der Waals surface area (Å²) in [7, 11) is 5.18. The van der Waals surface area contributed by atoms with Gasteiger partial charge in [-0.25, -0.2) is 0 Å². The second-order valence-corrected chi connectivity index (χ2v) is 22.6. The molecule has 18 atom stereocenters. The zero-order valence-corrected chi connectivity index (χ0v) is 46.6. The molecule has 0 spiro atoms. The first-order valence-electron chi connectivity index (χ1n) is 27.5. The molecule has 3 rings (SSSR count). The molecule has 3 heterocycles. The van der Waals surface area contributed by atoms with Crippen molar-refractivity contribution in [2.24, 2.45) is 23.7 Å². The lowest BCUT2D eigenvalue weighted by Gasteiger charge is -2.49. The van der Waals surface area contributed by atoms with Crippen LogP contribution < -0.4 is 0 Å². The molecule has 0 saturated carbocycles. The van der Waals surface area contributed by atoms with Gasteiger partial charge in [0.15, 0.2) is 12.6 Å². The highest BCUT2D eigenvalue weighted by Crippen LogP contribution is 2.41. The topological polar surface area (TPSA) is 231 Å². The summed E-state index contributed by atoms with van der Waals surface area (Å²) >= 11 is 0. The number of ketones is 1. The maximum Gasteiger partial charge on any atom is 0.311 e. The SMILES string of the molecule is CCC1OC(=O)C(C)C(OC2CC(C)(OC)C(O)C(C)O2)C(C)C(OC2OC(C)CC(N(C)C)C2O)C(C)(O)CC(C)C(=O)C(C)C(O)C1(C)O.CCCCCCCCCCCCCCCCCC(=O)O. The second-order valence-electron chi connectivity index (χ2n) is 22.6. The number of cyclic esters (lactones) is 1. The van der Waals surface area contributed by atoms with E-state index in [1.54, 1.807) is 41.5 Å². The highest BCUT2D eigenvalue weighted by atomic mass is 16.7. The number of aliphatic carboxylic acids is 1. The fraction of sp³-hybridized carbons (Fsp3) is 0.945. The minimum Gasteiger partial charge on any atom is -0.481 e. The van der Waals surface area contributed by atoms with E-state index in [2.05, 4.69) is 6.92 Å². The molecule has 0 aromatic heterocycles. The number of ether oxygens (including phenoxy) is 6. The summed E-state index contributed by atoms with van der Waals surface area (Å²) in [5.74, 6) is -5.63. The first-order valence-corrected chi connectivity index (χ1v) is 27.5. The van der Waals surface area contributed by atoms with Crippen LogP contribution in [0.4, 0.5) is 0 Å². The van der Waals surface area contributed by atoms with Gasteiger partial charge in [0, 0.05) is 43.7 Å². The third kappa shape index (κ3) is 20.0. The van der Waals surface area contributed by atoms with Crippen molar-refractivity contribution in [3.63, 3.8) is 0 Å². The Kier molecular flexibility index (Phi) is 28.8. The number of rotatable bonds is 23. The molecule has 0 aromatic rings. The predicted octanol–water partition coefficient (Wildman–Crippen LogP) is 8.12. The minimum absolute atomic E-state index is 0.0936. The molecule has 3 aliphatic rings. The van der Waals surface area contributed by atoms with Gasteiger partial charge in [-0.15, -0.1) is 0 Å². The van der Waals surface area contributed by atoms with Crippen molar-refractivity contribution in [2.45, 2.75) is 289 Å². The van der Waals surface area contributed by atoms with E-state index in [0.29, 0.717) is 12.8 Å². The van der Waals surface area contributed by atoms with Crippen LogP contribution in [0.2, 0.25) is 0 Å². The average Bonchev–Trinajstić information content (AvgIpc) is 3.31. The van der Waals surface area contributed by atoms with Crippen LogP contribution in [-0.2, 0) is 42.8 Å². The molecule has 3 saturated heterocycles. The van der Waals surface area contributed by atoms with Gasteiger partial charge < -0.3 is 64.0 Å². The fourth-order valence-corrected chi connectivity index (χ4v) is 11.1. The molecule has 0 aromatic carbocycles. The summed E-state index contributed by atoms with van der Waals surface area (Å²) in [6, 6.07) is -0.324. The van der Waals surface area contributed by atoms with E-state index < -0.39 is 114 Å². The Balaban J connectivity index is 0.000000725. The Morgan fingerprint density at radius 3 is 1.73 bits per heavy atom. The number of methoxy groups -OCH3 is 1. The number of aliphatic hydroxyl groups is 5. The van der Waals surface area contributed by atoms with Crippen molar-refractivity contribution in [1.82, 2.24) is 4.90 Å². The van der Waals surface area contributed by atoms with Crippen LogP contribution in [0.25, 0.3) is 0 Å². The van der Waals surface area contributed by atoms with E-state index in [1.807, 2.05) is 25.9 Å². The van der Waals surface area contributed by atoms with Gasteiger partial charge in [0.25, 0.3) is 0 Å². The van der Waals surface area contributed by atoms with Crippen molar-refractivity contribution in [3.8, 4) is 0 Å². The van der Waals surface area contributed by atoms with Crippen LogP contribution in [0.3, 0.4) is 0 Å². The summed E-state index contributed by atoms with van der Waals surface area (Å²) in [4.78, 5) is 40.1. The Hall–Kier alpha value is -1.83. The number of carboxylic acid groups (broad SMARTS) is 1. The van der Waals surface area contributed by atoms with Crippen LogP contribution in [0.15, 0.2) is 0 Å². The Bertz CT molecular complexity index is 1530. The quantitative estimate of drug-likeness (QED) is 0.0419. The average molecular weight is 1020 g/mol. The number of aliphatic hydroxyl groups excluding tert-OH is 3. The van der Waals surface area contributed by atoms with Gasteiger partial charge in [-0.05, 0) is 81.3 Å².